The maximum Gasteiger partial charge on any atom is 0.390 e. The summed E-state index contributed by atoms with van der Waals surface area (Å²) in [6.45, 7) is 3.14. The standard InChI is InChI=1S/C27H24F4N4O2.C21H20BrF3N4O/c1-16-11-19(7-8-22(16)26(36)34-18-5-6-18)35-15-33-25-23(32-10-9-27(29,30)31)13-21(14-24(25)35)37-20-4-2-3-17(28)12-20;1-12-8-15(4-5-16(12)20(30)28-14-2-3-14)29-11-27-19-17(9-13(22)10-18(19)29)26-7-6-21(23,24)25/h2-4,7-8,11-15,18,32H,5-6,9-10H2,1H3,(H,34,36);4-5,8-11,14,26H,2-3,6-7H2,1H3,(H,28,30). The third kappa shape index (κ3) is 12.0. The molecule has 2 aliphatic carbocycles. The summed E-state index contributed by atoms with van der Waals surface area (Å²) in [5.74, 6) is -0.131. The van der Waals surface area contributed by atoms with Crippen LogP contribution in [0.5, 0.6) is 11.5 Å². The highest BCUT2D eigenvalue weighted by molar-refractivity contribution is 9.10. The molecule has 0 atom stereocenters. The molecule has 67 heavy (non-hydrogen) atoms. The lowest BCUT2D eigenvalue weighted by atomic mass is 10.1. The molecule has 0 unspecified atom stereocenters. The van der Waals surface area contributed by atoms with Gasteiger partial charge in [-0.2, -0.15) is 26.3 Å². The van der Waals surface area contributed by atoms with Gasteiger partial charge < -0.3 is 26.0 Å². The number of alkyl halides is 6. The Morgan fingerprint density at radius 1 is 0.657 bits per heavy atom. The molecule has 0 saturated heterocycles. The number of hydrogen-bond donors (Lipinski definition) is 4. The van der Waals surface area contributed by atoms with Crippen LogP contribution in [0.1, 0.15) is 70.4 Å². The normalized spacial score (nSPS) is 13.8. The first-order chi connectivity index (χ1) is 31.9. The number of aromatic nitrogens is 4. The minimum atomic E-state index is -4.31. The van der Waals surface area contributed by atoms with Crippen molar-refractivity contribution in [1.29, 1.82) is 0 Å². The molecule has 0 spiro atoms. The average Bonchev–Trinajstić information content (AvgIpc) is 4.17. The van der Waals surface area contributed by atoms with Gasteiger partial charge in [0, 0.05) is 70.3 Å². The van der Waals surface area contributed by atoms with Crippen LogP contribution in [0, 0.1) is 19.7 Å². The Labute approximate surface area is 388 Å². The van der Waals surface area contributed by atoms with Crippen molar-refractivity contribution in [3.63, 3.8) is 0 Å². The molecule has 0 aliphatic heterocycles. The van der Waals surface area contributed by atoms with Gasteiger partial charge in [-0.3, -0.25) is 18.7 Å². The zero-order valence-electron chi connectivity index (χ0n) is 36.1. The molecule has 2 heterocycles. The number of nitrogens with zero attached hydrogens (tertiary/aromatic N) is 4. The first kappa shape index (κ1) is 46.9. The number of halogens is 8. The van der Waals surface area contributed by atoms with Gasteiger partial charge >= 0.3 is 12.4 Å². The van der Waals surface area contributed by atoms with E-state index >= 15 is 0 Å². The number of imidazole rings is 2. The Morgan fingerprint density at radius 3 is 1.61 bits per heavy atom. The van der Waals surface area contributed by atoms with Gasteiger partial charge in [0.25, 0.3) is 11.8 Å². The Balaban J connectivity index is 0.000000186. The average molecular weight is 994 g/mol. The van der Waals surface area contributed by atoms with Crippen molar-refractivity contribution in [3.8, 4) is 22.9 Å². The minimum absolute atomic E-state index is 0.0732. The number of fused-ring (bicyclic) bond motifs is 2. The molecular formula is C48H44BrF7N8O3. The molecule has 2 fully saturated rings. The molecule has 19 heteroatoms. The number of carbonyl (C=O) groups is 2. The first-order valence-corrected chi connectivity index (χ1v) is 22.2. The van der Waals surface area contributed by atoms with Crippen molar-refractivity contribution in [2.24, 2.45) is 0 Å². The number of nitrogens with one attached hydrogen (secondary N) is 4. The number of aryl methyl sites for hydroxylation is 2. The summed E-state index contributed by atoms with van der Waals surface area (Å²) in [7, 11) is 0. The van der Waals surface area contributed by atoms with Gasteiger partial charge in [-0.05, 0) is 111 Å². The predicted octanol–water partition coefficient (Wildman–Crippen LogP) is 11.9. The number of anilines is 2. The maximum atomic E-state index is 13.7. The first-order valence-electron chi connectivity index (χ1n) is 21.4. The Bertz CT molecular complexity index is 2960. The van der Waals surface area contributed by atoms with Crippen molar-refractivity contribution < 1.29 is 45.1 Å². The van der Waals surface area contributed by atoms with Crippen LogP contribution in [-0.2, 0) is 0 Å². The van der Waals surface area contributed by atoms with E-state index < -0.39 is 31.0 Å². The van der Waals surface area contributed by atoms with E-state index in [1.807, 2.05) is 42.7 Å². The van der Waals surface area contributed by atoms with Crippen LogP contribution in [0.25, 0.3) is 33.4 Å². The van der Waals surface area contributed by atoms with Crippen LogP contribution in [0.2, 0.25) is 0 Å². The van der Waals surface area contributed by atoms with Gasteiger partial charge in [0.2, 0.25) is 0 Å². The van der Waals surface area contributed by atoms with Crippen molar-refractivity contribution in [2.45, 2.75) is 76.8 Å². The second-order valence-electron chi connectivity index (χ2n) is 16.5. The zero-order valence-corrected chi connectivity index (χ0v) is 37.7. The summed E-state index contributed by atoms with van der Waals surface area (Å²) < 4.78 is 99.6. The number of hydrogen-bond acceptors (Lipinski definition) is 7. The highest BCUT2D eigenvalue weighted by Gasteiger charge is 2.29. The summed E-state index contributed by atoms with van der Waals surface area (Å²) in [5.41, 5.74) is 7.56. The summed E-state index contributed by atoms with van der Waals surface area (Å²) in [4.78, 5) is 33.7. The maximum absolute atomic E-state index is 13.7. The van der Waals surface area contributed by atoms with Gasteiger partial charge in [0.05, 0.1) is 35.2 Å². The Hall–Kier alpha value is -6.63. The van der Waals surface area contributed by atoms with Crippen molar-refractivity contribution in [3.05, 3.63) is 130 Å². The number of ether oxygens (including phenoxy) is 1. The largest absolute Gasteiger partial charge is 0.457 e. The minimum Gasteiger partial charge on any atom is -0.457 e. The summed E-state index contributed by atoms with van der Waals surface area (Å²) >= 11 is 3.42. The predicted molar refractivity (Wildman–Crippen MR) is 245 cm³/mol. The molecule has 5 aromatic carbocycles. The molecule has 4 N–H and O–H groups in total. The van der Waals surface area contributed by atoms with Crippen LogP contribution < -0.4 is 26.0 Å². The number of amides is 2. The molecule has 0 bridgehead atoms. The number of carbonyl (C=O) groups excluding carboxylic acids is 2. The van der Waals surface area contributed by atoms with Gasteiger partial charge in [-0.1, -0.05) is 22.0 Å². The molecule has 2 saturated carbocycles. The molecule has 9 rings (SSSR count). The molecule has 2 amide bonds. The van der Waals surface area contributed by atoms with Crippen molar-refractivity contribution in [1.82, 2.24) is 29.7 Å². The van der Waals surface area contributed by atoms with Crippen molar-refractivity contribution in [2.75, 3.05) is 23.7 Å². The molecule has 7 aromatic rings. The fraction of sp³-hybridized carbons (Fsp3) is 0.292. The molecular weight excluding hydrogens is 949 g/mol. The molecule has 2 aromatic heterocycles. The van der Waals surface area contributed by atoms with Crippen LogP contribution in [0.4, 0.5) is 42.1 Å². The Morgan fingerprint density at radius 2 is 1.15 bits per heavy atom. The number of rotatable bonds is 14. The van der Waals surface area contributed by atoms with E-state index in [2.05, 4.69) is 47.2 Å². The van der Waals surface area contributed by atoms with E-state index in [1.165, 1.54) is 24.3 Å². The van der Waals surface area contributed by atoms with Crippen LogP contribution in [0.3, 0.4) is 0 Å². The van der Waals surface area contributed by atoms with Gasteiger partial charge in [0.15, 0.2) is 0 Å². The van der Waals surface area contributed by atoms with Gasteiger partial charge in [-0.15, -0.1) is 0 Å². The third-order valence-electron chi connectivity index (χ3n) is 11.0. The lowest BCUT2D eigenvalue weighted by Crippen LogP contribution is -2.26. The number of benzene rings is 5. The van der Waals surface area contributed by atoms with Crippen molar-refractivity contribution >= 4 is 61.2 Å². The quantitative estimate of drug-likeness (QED) is 0.0799. The van der Waals surface area contributed by atoms with Gasteiger partial charge in [-0.25, -0.2) is 14.4 Å². The fourth-order valence-electron chi connectivity index (χ4n) is 7.34. The third-order valence-corrected chi connectivity index (χ3v) is 11.5. The second kappa shape index (κ2) is 19.3. The fourth-order valence-corrected chi connectivity index (χ4v) is 7.79. The SMILES string of the molecule is Cc1cc(-n2cnc3c(NCCC(F)(F)F)cc(Br)cc32)ccc1C(=O)NC1CC1.Cc1cc(-n2cnc3c(NCCC(F)(F)F)cc(Oc4cccc(F)c4)cc32)ccc1C(=O)NC1CC1. The van der Waals surface area contributed by atoms with E-state index in [0.29, 0.717) is 50.5 Å². The molecule has 11 nitrogen and oxygen atoms in total. The topological polar surface area (TPSA) is 127 Å². The lowest BCUT2D eigenvalue weighted by molar-refractivity contribution is -0.132. The van der Waals surface area contributed by atoms with E-state index in [1.54, 1.807) is 53.6 Å². The molecule has 2 aliphatic rings. The summed E-state index contributed by atoms with van der Waals surface area (Å²) in [6, 6.07) is 23.8. The van der Waals surface area contributed by atoms with Crippen LogP contribution in [-0.4, -0.2) is 68.4 Å². The lowest BCUT2D eigenvalue weighted by Gasteiger charge is -2.14. The highest BCUT2D eigenvalue weighted by Crippen LogP contribution is 2.35. The summed E-state index contributed by atoms with van der Waals surface area (Å²) in [6.07, 6.45) is -3.26. The Kier molecular flexibility index (Phi) is 13.5. The summed E-state index contributed by atoms with van der Waals surface area (Å²) in [5, 5.41) is 11.6. The molecule has 350 valence electrons. The van der Waals surface area contributed by atoms with E-state index in [-0.39, 0.29) is 42.7 Å². The highest BCUT2D eigenvalue weighted by atomic mass is 79.9. The van der Waals surface area contributed by atoms with E-state index in [0.717, 1.165) is 52.5 Å². The zero-order chi connectivity index (χ0) is 47.6. The van der Waals surface area contributed by atoms with E-state index in [9.17, 15) is 40.3 Å². The van der Waals surface area contributed by atoms with Crippen LogP contribution >= 0.6 is 15.9 Å². The monoisotopic (exact) mass is 992 g/mol. The van der Waals surface area contributed by atoms with Gasteiger partial charge in [0.1, 0.15) is 41.0 Å². The van der Waals surface area contributed by atoms with Crippen LogP contribution in [0.15, 0.2) is 102 Å². The molecule has 0 radical (unpaired) electrons. The van der Waals surface area contributed by atoms with E-state index in [4.69, 9.17) is 4.74 Å². The smallest absolute Gasteiger partial charge is 0.390 e. The second-order valence-corrected chi connectivity index (χ2v) is 17.4.